The molecular weight excluding hydrogens is 216 g/mol. The van der Waals surface area contributed by atoms with Crippen molar-refractivity contribution in [1.82, 2.24) is 0 Å². The predicted molar refractivity (Wildman–Crippen MR) is 79.8 cm³/mol. The van der Waals surface area contributed by atoms with Gasteiger partial charge in [-0.25, -0.2) is 0 Å². The van der Waals surface area contributed by atoms with Crippen LogP contribution in [0.3, 0.4) is 0 Å². The Hall–Kier alpha value is -0.780. The van der Waals surface area contributed by atoms with Crippen molar-refractivity contribution in [3.05, 3.63) is 35.9 Å². The molecule has 0 heterocycles. The summed E-state index contributed by atoms with van der Waals surface area (Å²) in [6, 6.07) is 11.1. The van der Waals surface area contributed by atoms with Gasteiger partial charge in [0.1, 0.15) is 0 Å². The van der Waals surface area contributed by atoms with E-state index in [1.54, 1.807) is 0 Å². The second-order valence-electron chi connectivity index (χ2n) is 6.12. The number of rotatable bonds is 5. The quantitative estimate of drug-likeness (QED) is 0.615. The van der Waals surface area contributed by atoms with E-state index in [0.717, 1.165) is 17.8 Å². The molecule has 0 aromatic heterocycles. The zero-order valence-corrected chi connectivity index (χ0v) is 12.1. The van der Waals surface area contributed by atoms with E-state index < -0.39 is 0 Å². The van der Waals surface area contributed by atoms with Crippen LogP contribution in [-0.4, -0.2) is 0 Å². The lowest BCUT2D eigenvalue weighted by Gasteiger charge is -2.32. The molecule has 1 unspecified atom stereocenters. The number of benzene rings is 1. The highest BCUT2D eigenvalue weighted by atomic mass is 14.3. The van der Waals surface area contributed by atoms with Gasteiger partial charge in [-0.05, 0) is 36.2 Å². The first-order chi connectivity index (χ1) is 8.81. The lowest BCUT2D eigenvalue weighted by atomic mass is 9.73. The Bertz CT molecular complexity index is 319. The minimum absolute atomic E-state index is 0.748. The Morgan fingerprint density at radius 3 is 2.33 bits per heavy atom. The third-order valence-corrected chi connectivity index (χ3v) is 4.89. The van der Waals surface area contributed by atoms with Gasteiger partial charge in [0.2, 0.25) is 0 Å². The molecular formula is C18H28. The Kier molecular flexibility index (Phi) is 5.28. The Balaban J connectivity index is 1.82. The topological polar surface area (TPSA) is 0 Å². The normalized spacial score (nSPS) is 25.9. The number of hydrogen-bond acceptors (Lipinski definition) is 0. The molecule has 0 aliphatic heterocycles. The molecule has 1 aromatic rings. The first-order valence-corrected chi connectivity index (χ1v) is 7.86. The second kappa shape index (κ2) is 6.97. The lowest BCUT2D eigenvalue weighted by Crippen LogP contribution is -2.19. The van der Waals surface area contributed by atoms with E-state index in [-0.39, 0.29) is 0 Å². The van der Waals surface area contributed by atoms with Crippen LogP contribution in [0.5, 0.6) is 0 Å². The van der Waals surface area contributed by atoms with Crippen LogP contribution in [0.15, 0.2) is 30.3 Å². The standard InChI is InChI=1S/C18H28/c1-3-4-8-16-11-13-18(14-12-16)15(2)17-9-6-5-7-10-17/h5-7,9-10,15-16,18H,3-4,8,11-14H2,1-2H3/t15?,16-,18-. The molecule has 0 saturated heterocycles. The van der Waals surface area contributed by atoms with Crippen molar-refractivity contribution in [3.63, 3.8) is 0 Å². The molecule has 1 aromatic carbocycles. The first-order valence-electron chi connectivity index (χ1n) is 7.86. The summed E-state index contributed by atoms with van der Waals surface area (Å²) in [6.07, 6.45) is 10.1. The maximum Gasteiger partial charge on any atom is -0.0162 e. The summed E-state index contributed by atoms with van der Waals surface area (Å²) >= 11 is 0. The fraction of sp³-hybridized carbons (Fsp3) is 0.667. The average molecular weight is 244 g/mol. The van der Waals surface area contributed by atoms with Crippen LogP contribution in [0, 0.1) is 11.8 Å². The van der Waals surface area contributed by atoms with Gasteiger partial charge >= 0.3 is 0 Å². The van der Waals surface area contributed by atoms with Crippen molar-refractivity contribution >= 4 is 0 Å². The van der Waals surface area contributed by atoms with Crippen LogP contribution >= 0.6 is 0 Å². The molecule has 1 atom stereocenters. The van der Waals surface area contributed by atoms with Crippen LogP contribution in [0.25, 0.3) is 0 Å². The highest BCUT2D eigenvalue weighted by molar-refractivity contribution is 5.19. The van der Waals surface area contributed by atoms with E-state index >= 15 is 0 Å². The maximum atomic E-state index is 2.42. The number of hydrogen-bond donors (Lipinski definition) is 0. The van der Waals surface area contributed by atoms with Crippen molar-refractivity contribution in [2.75, 3.05) is 0 Å². The second-order valence-corrected chi connectivity index (χ2v) is 6.12. The van der Waals surface area contributed by atoms with Gasteiger partial charge in [0, 0.05) is 0 Å². The van der Waals surface area contributed by atoms with E-state index in [1.165, 1.54) is 50.5 Å². The van der Waals surface area contributed by atoms with Crippen molar-refractivity contribution in [2.45, 2.75) is 64.7 Å². The minimum Gasteiger partial charge on any atom is -0.0654 e. The molecule has 0 spiro atoms. The maximum absolute atomic E-state index is 2.42. The minimum atomic E-state index is 0.748. The molecule has 0 amide bonds. The molecule has 100 valence electrons. The Morgan fingerprint density at radius 1 is 1.06 bits per heavy atom. The van der Waals surface area contributed by atoms with Crippen molar-refractivity contribution in [1.29, 1.82) is 0 Å². The Labute approximate surface area is 113 Å². The van der Waals surface area contributed by atoms with Gasteiger partial charge in [0.05, 0.1) is 0 Å². The summed E-state index contributed by atoms with van der Waals surface area (Å²) in [6.45, 7) is 4.73. The molecule has 0 bridgehead atoms. The summed E-state index contributed by atoms with van der Waals surface area (Å²) < 4.78 is 0. The van der Waals surface area contributed by atoms with Crippen LogP contribution in [-0.2, 0) is 0 Å². The molecule has 1 aliphatic carbocycles. The molecule has 1 saturated carbocycles. The van der Waals surface area contributed by atoms with Crippen molar-refractivity contribution < 1.29 is 0 Å². The highest BCUT2D eigenvalue weighted by Crippen LogP contribution is 2.39. The fourth-order valence-corrected chi connectivity index (χ4v) is 3.50. The summed E-state index contributed by atoms with van der Waals surface area (Å²) in [5.74, 6) is 2.70. The van der Waals surface area contributed by atoms with E-state index in [9.17, 15) is 0 Å². The predicted octanol–water partition coefficient (Wildman–Crippen LogP) is 5.79. The monoisotopic (exact) mass is 244 g/mol. The third kappa shape index (κ3) is 3.60. The number of unbranched alkanes of at least 4 members (excludes halogenated alkanes) is 1. The van der Waals surface area contributed by atoms with Crippen LogP contribution < -0.4 is 0 Å². The van der Waals surface area contributed by atoms with E-state index in [2.05, 4.69) is 44.2 Å². The molecule has 2 rings (SSSR count). The largest absolute Gasteiger partial charge is 0.0654 e. The van der Waals surface area contributed by atoms with Crippen LogP contribution in [0.2, 0.25) is 0 Å². The summed E-state index contributed by atoms with van der Waals surface area (Å²) in [7, 11) is 0. The highest BCUT2D eigenvalue weighted by Gasteiger charge is 2.25. The third-order valence-electron chi connectivity index (χ3n) is 4.89. The van der Waals surface area contributed by atoms with Gasteiger partial charge in [-0.15, -0.1) is 0 Å². The van der Waals surface area contributed by atoms with E-state index in [0.29, 0.717) is 0 Å². The molecule has 0 N–H and O–H groups in total. The Morgan fingerprint density at radius 2 is 1.72 bits per heavy atom. The average Bonchev–Trinajstić information content (AvgIpc) is 2.46. The molecule has 0 radical (unpaired) electrons. The molecule has 0 heteroatoms. The van der Waals surface area contributed by atoms with E-state index in [1.807, 2.05) is 0 Å². The molecule has 1 fully saturated rings. The van der Waals surface area contributed by atoms with Gasteiger partial charge < -0.3 is 0 Å². The lowest BCUT2D eigenvalue weighted by molar-refractivity contribution is 0.237. The summed E-state index contributed by atoms with van der Waals surface area (Å²) in [5.41, 5.74) is 1.54. The zero-order chi connectivity index (χ0) is 12.8. The molecule has 0 nitrogen and oxygen atoms in total. The summed E-state index contributed by atoms with van der Waals surface area (Å²) in [5, 5.41) is 0. The van der Waals surface area contributed by atoms with Gasteiger partial charge in [0.15, 0.2) is 0 Å². The smallest absolute Gasteiger partial charge is 0.0162 e. The fourth-order valence-electron chi connectivity index (χ4n) is 3.50. The van der Waals surface area contributed by atoms with Gasteiger partial charge in [0.25, 0.3) is 0 Å². The first kappa shape index (κ1) is 13.6. The summed E-state index contributed by atoms with van der Waals surface area (Å²) in [4.78, 5) is 0. The molecule has 18 heavy (non-hydrogen) atoms. The SMILES string of the molecule is CCCC[C@H]1CC[C@H](C(C)c2ccccc2)CC1. The molecule has 1 aliphatic rings. The van der Waals surface area contributed by atoms with Crippen LogP contribution in [0.4, 0.5) is 0 Å². The van der Waals surface area contributed by atoms with Crippen molar-refractivity contribution in [3.8, 4) is 0 Å². The zero-order valence-electron chi connectivity index (χ0n) is 12.1. The van der Waals surface area contributed by atoms with Gasteiger partial charge in [-0.1, -0.05) is 76.3 Å². The van der Waals surface area contributed by atoms with Crippen molar-refractivity contribution in [2.24, 2.45) is 11.8 Å². The van der Waals surface area contributed by atoms with Gasteiger partial charge in [-0.3, -0.25) is 0 Å². The van der Waals surface area contributed by atoms with Crippen LogP contribution in [0.1, 0.15) is 70.3 Å². The van der Waals surface area contributed by atoms with E-state index in [4.69, 9.17) is 0 Å². The van der Waals surface area contributed by atoms with Gasteiger partial charge in [-0.2, -0.15) is 0 Å².